The summed E-state index contributed by atoms with van der Waals surface area (Å²) in [5.74, 6) is 0.927. The van der Waals surface area contributed by atoms with E-state index in [9.17, 15) is 4.79 Å². The standard InChI is InChI=1S/C21H31BrN4O/c1-5-7-19(25-11-10-15(3)24(4)12-13-25)20-23-18-9-8-16(22)14-17(18)21(27)26(20)6-2/h8-9,14-15,19H,5-7,10-13H2,1-4H3/t15-,19?/m0/s1. The number of hydrogen-bond acceptors (Lipinski definition) is 4. The number of fused-ring (bicyclic) bond motifs is 1. The quantitative estimate of drug-likeness (QED) is 0.711. The maximum atomic E-state index is 13.2. The van der Waals surface area contributed by atoms with Crippen LogP contribution in [-0.2, 0) is 6.54 Å². The Bertz CT molecular complexity index is 838. The number of benzene rings is 1. The van der Waals surface area contributed by atoms with Gasteiger partial charge in [0.2, 0.25) is 0 Å². The molecule has 1 aliphatic rings. The lowest BCUT2D eigenvalue weighted by atomic mass is 10.1. The molecular formula is C21H31BrN4O. The number of hydrogen-bond donors (Lipinski definition) is 0. The van der Waals surface area contributed by atoms with Crippen molar-refractivity contribution in [3.05, 3.63) is 38.9 Å². The fourth-order valence-corrected chi connectivity index (χ4v) is 4.38. The van der Waals surface area contributed by atoms with Gasteiger partial charge < -0.3 is 4.90 Å². The van der Waals surface area contributed by atoms with E-state index in [0.717, 1.165) is 54.7 Å². The van der Waals surface area contributed by atoms with E-state index in [1.54, 1.807) is 0 Å². The Kier molecular flexibility index (Phi) is 6.71. The third kappa shape index (κ3) is 4.28. The molecule has 5 nitrogen and oxygen atoms in total. The molecule has 1 aliphatic heterocycles. The van der Waals surface area contributed by atoms with Gasteiger partial charge in [-0.25, -0.2) is 4.98 Å². The molecule has 0 radical (unpaired) electrons. The molecule has 2 atom stereocenters. The van der Waals surface area contributed by atoms with Gasteiger partial charge >= 0.3 is 0 Å². The first-order valence-corrected chi connectivity index (χ1v) is 10.9. The van der Waals surface area contributed by atoms with Crippen molar-refractivity contribution in [1.82, 2.24) is 19.4 Å². The second kappa shape index (κ2) is 8.84. The van der Waals surface area contributed by atoms with Crippen molar-refractivity contribution in [1.29, 1.82) is 0 Å². The van der Waals surface area contributed by atoms with Gasteiger partial charge in [0.15, 0.2) is 0 Å². The number of likely N-dealkylation sites (N-methyl/N-ethyl adjacent to an activating group) is 1. The van der Waals surface area contributed by atoms with E-state index in [1.165, 1.54) is 0 Å². The van der Waals surface area contributed by atoms with Crippen molar-refractivity contribution in [3.63, 3.8) is 0 Å². The summed E-state index contributed by atoms with van der Waals surface area (Å²) in [4.78, 5) is 23.1. The molecule has 0 amide bonds. The van der Waals surface area contributed by atoms with Crippen LogP contribution in [0.25, 0.3) is 10.9 Å². The van der Waals surface area contributed by atoms with Crippen LogP contribution in [0.15, 0.2) is 27.5 Å². The van der Waals surface area contributed by atoms with Crippen molar-refractivity contribution in [2.45, 2.75) is 58.7 Å². The summed E-state index contributed by atoms with van der Waals surface area (Å²) in [7, 11) is 2.21. The molecule has 1 unspecified atom stereocenters. The SMILES string of the molecule is CCCC(c1nc2ccc(Br)cc2c(=O)n1CC)N1CC[C@H](C)N(C)CC1. The Labute approximate surface area is 170 Å². The van der Waals surface area contributed by atoms with E-state index in [2.05, 4.69) is 46.6 Å². The molecule has 0 saturated carbocycles. The van der Waals surface area contributed by atoms with E-state index < -0.39 is 0 Å². The molecule has 1 aromatic heterocycles. The number of aromatic nitrogens is 2. The Morgan fingerprint density at radius 1 is 1.26 bits per heavy atom. The molecule has 1 aromatic carbocycles. The number of nitrogens with zero attached hydrogens (tertiary/aromatic N) is 4. The average molecular weight is 435 g/mol. The van der Waals surface area contributed by atoms with Crippen LogP contribution in [0.4, 0.5) is 0 Å². The number of rotatable bonds is 5. The highest BCUT2D eigenvalue weighted by atomic mass is 79.9. The van der Waals surface area contributed by atoms with Gasteiger partial charge in [-0.1, -0.05) is 29.3 Å². The summed E-state index contributed by atoms with van der Waals surface area (Å²) in [5.41, 5.74) is 0.865. The first-order chi connectivity index (χ1) is 13.0. The van der Waals surface area contributed by atoms with Crippen LogP contribution in [0, 0.1) is 0 Å². The minimum atomic E-state index is 0.0696. The van der Waals surface area contributed by atoms with Crippen molar-refractivity contribution in [3.8, 4) is 0 Å². The topological polar surface area (TPSA) is 41.4 Å². The third-order valence-electron chi connectivity index (χ3n) is 5.89. The first kappa shape index (κ1) is 20.5. The van der Waals surface area contributed by atoms with Gasteiger partial charge in [-0.2, -0.15) is 0 Å². The predicted molar refractivity (Wildman–Crippen MR) is 115 cm³/mol. The van der Waals surface area contributed by atoms with E-state index >= 15 is 0 Å². The summed E-state index contributed by atoms with van der Waals surface area (Å²) in [6.45, 7) is 10.3. The number of halogens is 1. The second-order valence-electron chi connectivity index (χ2n) is 7.64. The fourth-order valence-electron chi connectivity index (χ4n) is 4.02. The van der Waals surface area contributed by atoms with Crippen LogP contribution in [-0.4, -0.2) is 52.1 Å². The Balaban J connectivity index is 2.08. The zero-order chi connectivity index (χ0) is 19.6. The second-order valence-corrected chi connectivity index (χ2v) is 8.56. The van der Waals surface area contributed by atoms with Gasteiger partial charge in [-0.3, -0.25) is 14.3 Å². The van der Waals surface area contributed by atoms with E-state index in [4.69, 9.17) is 4.98 Å². The maximum Gasteiger partial charge on any atom is 0.261 e. The smallest absolute Gasteiger partial charge is 0.261 e. The van der Waals surface area contributed by atoms with E-state index in [1.807, 2.05) is 29.7 Å². The zero-order valence-corrected chi connectivity index (χ0v) is 18.5. The van der Waals surface area contributed by atoms with Crippen molar-refractivity contribution >= 4 is 26.8 Å². The van der Waals surface area contributed by atoms with Gasteiger partial charge in [-0.05, 0) is 51.9 Å². The van der Waals surface area contributed by atoms with Gasteiger partial charge in [0.25, 0.3) is 5.56 Å². The summed E-state index contributed by atoms with van der Waals surface area (Å²) in [5, 5.41) is 0.689. The van der Waals surface area contributed by atoms with Crippen LogP contribution in [0.3, 0.4) is 0 Å². The monoisotopic (exact) mass is 434 g/mol. The van der Waals surface area contributed by atoms with Crippen molar-refractivity contribution in [2.75, 3.05) is 26.7 Å². The fraction of sp³-hybridized carbons (Fsp3) is 0.619. The normalized spacial score (nSPS) is 20.7. The molecule has 27 heavy (non-hydrogen) atoms. The molecule has 6 heteroatoms. The molecule has 2 aromatic rings. The molecule has 0 aliphatic carbocycles. The molecule has 3 rings (SSSR count). The molecule has 0 spiro atoms. The van der Waals surface area contributed by atoms with Gasteiger partial charge in [0.1, 0.15) is 5.82 Å². The molecule has 1 fully saturated rings. The van der Waals surface area contributed by atoms with Gasteiger partial charge in [0.05, 0.1) is 16.9 Å². The molecular weight excluding hydrogens is 404 g/mol. The molecule has 2 heterocycles. The third-order valence-corrected chi connectivity index (χ3v) is 6.38. The minimum absolute atomic E-state index is 0.0696. The summed E-state index contributed by atoms with van der Waals surface area (Å²) < 4.78 is 2.80. The van der Waals surface area contributed by atoms with Crippen LogP contribution in [0.2, 0.25) is 0 Å². The maximum absolute atomic E-state index is 13.2. The lowest BCUT2D eigenvalue weighted by Gasteiger charge is -2.31. The highest BCUT2D eigenvalue weighted by Crippen LogP contribution is 2.27. The van der Waals surface area contributed by atoms with Crippen LogP contribution >= 0.6 is 15.9 Å². The molecule has 0 bridgehead atoms. The van der Waals surface area contributed by atoms with E-state index in [0.29, 0.717) is 18.0 Å². The largest absolute Gasteiger partial charge is 0.302 e. The van der Waals surface area contributed by atoms with Gasteiger partial charge in [0, 0.05) is 36.7 Å². The Morgan fingerprint density at radius 2 is 2.04 bits per heavy atom. The lowest BCUT2D eigenvalue weighted by Crippen LogP contribution is -2.37. The summed E-state index contributed by atoms with van der Waals surface area (Å²) in [6, 6.07) is 6.58. The Morgan fingerprint density at radius 3 is 2.74 bits per heavy atom. The van der Waals surface area contributed by atoms with Crippen LogP contribution in [0.1, 0.15) is 51.9 Å². The van der Waals surface area contributed by atoms with Gasteiger partial charge in [-0.15, -0.1) is 0 Å². The molecule has 1 saturated heterocycles. The summed E-state index contributed by atoms with van der Waals surface area (Å²) in [6.07, 6.45) is 3.24. The highest BCUT2D eigenvalue weighted by Gasteiger charge is 2.28. The van der Waals surface area contributed by atoms with Crippen LogP contribution in [0.5, 0.6) is 0 Å². The molecule has 148 valence electrons. The van der Waals surface area contributed by atoms with Crippen molar-refractivity contribution < 1.29 is 0 Å². The van der Waals surface area contributed by atoms with Crippen molar-refractivity contribution in [2.24, 2.45) is 0 Å². The average Bonchev–Trinajstić information content (AvgIpc) is 2.82. The highest BCUT2D eigenvalue weighted by molar-refractivity contribution is 9.10. The molecule has 0 N–H and O–H groups in total. The zero-order valence-electron chi connectivity index (χ0n) is 16.9. The van der Waals surface area contributed by atoms with E-state index in [-0.39, 0.29) is 11.6 Å². The first-order valence-electron chi connectivity index (χ1n) is 10.1. The Hall–Kier alpha value is -1.24. The van der Waals surface area contributed by atoms with Crippen LogP contribution < -0.4 is 5.56 Å². The minimum Gasteiger partial charge on any atom is -0.302 e. The predicted octanol–water partition coefficient (Wildman–Crippen LogP) is 4.05. The summed E-state index contributed by atoms with van der Waals surface area (Å²) >= 11 is 3.48. The lowest BCUT2D eigenvalue weighted by molar-refractivity contribution is 0.180.